The van der Waals surface area contributed by atoms with Crippen LogP contribution in [0.4, 0.5) is 5.95 Å². The van der Waals surface area contributed by atoms with Gasteiger partial charge in [0.2, 0.25) is 5.95 Å². The number of aryl methyl sites for hydroxylation is 2. The van der Waals surface area contributed by atoms with Crippen LogP contribution in [0, 0.1) is 25.2 Å². The van der Waals surface area contributed by atoms with E-state index < -0.39 is 0 Å². The van der Waals surface area contributed by atoms with Crippen molar-refractivity contribution in [3.8, 4) is 6.07 Å². The molecule has 1 aromatic carbocycles. The molecule has 0 aliphatic heterocycles. The predicted octanol–water partition coefficient (Wildman–Crippen LogP) is 1.61. The van der Waals surface area contributed by atoms with Crippen molar-refractivity contribution in [3.05, 3.63) is 46.8 Å². The molecule has 0 saturated heterocycles. The van der Waals surface area contributed by atoms with Crippen LogP contribution < -0.4 is 5.32 Å². The van der Waals surface area contributed by atoms with Crippen LogP contribution in [-0.2, 0) is 0 Å². The van der Waals surface area contributed by atoms with E-state index in [2.05, 4.69) is 20.5 Å². The molecule has 0 spiro atoms. The number of amides is 1. The number of nitrogens with one attached hydrogen (secondary N) is 1. The molecule has 19 heavy (non-hydrogen) atoms. The number of aromatic nitrogens is 3. The summed E-state index contributed by atoms with van der Waals surface area (Å²) in [5.74, 6) is -0.174. The quantitative estimate of drug-likeness (QED) is 0.877. The number of carbonyl (C=O) groups excluding carboxylic acids is 1. The van der Waals surface area contributed by atoms with Crippen LogP contribution in [0.5, 0.6) is 0 Å². The maximum absolute atomic E-state index is 11.9. The second-order valence-electron chi connectivity index (χ2n) is 3.95. The van der Waals surface area contributed by atoms with Gasteiger partial charge < -0.3 is 0 Å². The summed E-state index contributed by atoms with van der Waals surface area (Å²) < 4.78 is 0. The van der Waals surface area contributed by atoms with E-state index in [-0.39, 0.29) is 11.9 Å². The van der Waals surface area contributed by atoms with Crippen molar-refractivity contribution < 1.29 is 4.79 Å². The standard InChI is InChI=1S/C13H11N5O/c1-8-9(2)17-18-13(15-8)16-12(19)11-5-3-10(7-14)4-6-11/h3-6H,1-2H3,(H,15,16,18,19). The monoisotopic (exact) mass is 253 g/mol. The fourth-order valence-corrected chi connectivity index (χ4v) is 1.38. The zero-order valence-corrected chi connectivity index (χ0v) is 10.5. The van der Waals surface area contributed by atoms with Gasteiger partial charge in [0.15, 0.2) is 0 Å². The fraction of sp³-hybridized carbons (Fsp3) is 0.154. The second-order valence-corrected chi connectivity index (χ2v) is 3.95. The molecule has 1 heterocycles. The lowest BCUT2D eigenvalue weighted by molar-refractivity contribution is 0.102. The van der Waals surface area contributed by atoms with E-state index >= 15 is 0 Å². The van der Waals surface area contributed by atoms with Crippen molar-refractivity contribution in [1.82, 2.24) is 15.2 Å². The SMILES string of the molecule is Cc1nnc(NC(=O)c2ccc(C#N)cc2)nc1C. The minimum atomic E-state index is -0.338. The Hall–Kier alpha value is -2.81. The molecule has 0 atom stereocenters. The molecule has 0 unspecified atom stereocenters. The van der Waals surface area contributed by atoms with Gasteiger partial charge in [-0.1, -0.05) is 0 Å². The third-order valence-corrected chi connectivity index (χ3v) is 2.59. The van der Waals surface area contributed by atoms with Gasteiger partial charge in [-0.15, -0.1) is 5.10 Å². The van der Waals surface area contributed by atoms with Gasteiger partial charge in [-0.25, -0.2) is 4.98 Å². The van der Waals surface area contributed by atoms with E-state index in [0.29, 0.717) is 16.8 Å². The maximum Gasteiger partial charge on any atom is 0.258 e. The zero-order valence-electron chi connectivity index (χ0n) is 10.5. The second kappa shape index (κ2) is 5.23. The Morgan fingerprint density at radius 2 is 1.84 bits per heavy atom. The van der Waals surface area contributed by atoms with Gasteiger partial charge in [0.05, 0.1) is 23.0 Å². The van der Waals surface area contributed by atoms with Crippen molar-refractivity contribution >= 4 is 11.9 Å². The molecular formula is C13H11N5O. The molecule has 0 aliphatic rings. The molecule has 0 radical (unpaired) electrons. The Labute approximate surface area is 110 Å². The highest BCUT2D eigenvalue weighted by Gasteiger charge is 2.09. The van der Waals surface area contributed by atoms with Crippen LogP contribution in [0.15, 0.2) is 24.3 Å². The first kappa shape index (κ1) is 12.6. The van der Waals surface area contributed by atoms with Crippen LogP contribution in [0.25, 0.3) is 0 Å². The largest absolute Gasteiger partial charge is 0.289 e. The molecule has 0 saturated carbocycles. The van der Waals surface area contributed by atoms with Crippen LogP contribution in [0.1, 0.15) is 27.3 Å². The summed E-state index contributed by atoms with van der Waals surface area (Å²) in [4.78, 5) is 16.0. The summed E-state index contributed by atoms with van der Waals surface area (Å²) >= 11 is 0. The average Bonchev–Trinajstić information content (AvgIpc) is 2.43. The summed E-state index contributed by atoms with van der Waals surface area (Å²) in [5, 5.41) is 18.9. The van der Waals surface area contributed by atoms with Crippen LogP contribution in [0.3, 0.4) is 0 Å². The topological polar surface area (TPSA) is 91.6 Å². The molecule has 0 bridgehead atoms. The number of carbonyl (C=O) groups is 1. The van der Waals surface area contributed by atoms with Gasteiger partial charge in [-0.2, -0.15) is 10.4 Å². The van der Waals surface area contributed by atoms with Gasteiger partial charge in [0.25, 0.3) is 5.91 Å². The Morgan fingerprint density at radius 3 is 2.42 bits per heavy atom. The maximum atomic E-state index is 11.9. The van der Waals surface area contributed by atoms with Gasteiger partial charge in [-0.3, -0.25) is 10.1 Å². The van der Waals surface area contributed by atoms with Crippen LogP contribution >= 0.6 is 0 Å². The van der Waals surface area contributed by atoms with Gasteiger partial charge in [-0.05, 0) is 38.1 Å². The summed E-state index contributed by atoms with van der Waals surface area (Å²) in [7, 11) is 0. The summed E-state index contributed by atoms with van der Waals surface area (Å²) in [6, 6.07) is 8.29. The highest BCUT2D eigenvalue weighted by atomic mass is 16.1. The lowest BCUT2D eigenvalue weighted by Crippen LogP contribution is -2.15. The number of hydrogen-bond donors (Lipinski definition) is 1. The average molecular weight is 253 g/mol. The summed E-state index contributed by atoms with van der Waals surface area (Å²) in [6.07, 6.45) is 0. The minimum absolute atomic E-state index is 0.164. The first-order chi connectivity index (χ1) is 9.10. The van der Waals surface area contributed by atoms with Crippen molar-refractivity contribution in [1.29, 1.82) is 5.26 Å². The third kappa shape index (κ3) is 2.90. The van der Waals surface area contributed by atoms with Crippen molar-refractivity contribution in [3.63, 3.8) is 0 Å². The lowest BCUT2D eigenvalue weighted by atomic mass is 10.1. The van der Waals surface area contributed by atoms with Crippen LogP contribution in [0.2, 0.25) is 0 Å². The molecule has 0 fully saturated rings. The van der Waals surface area contributed by atoms with E-state index in [1.807, 2.05) is 6.07 Å². The number of nitrogens with zero attached hydrogens (tertiary/aromatic N) is 4. The molecule has 6 nitrogen and oxygen atoms in total. The van der Waals surface area contributed by atoms with E-state index in [9.17, 15) is 4.79 Å². The molecule has 1 N–H and O–H groups in total. The highest BCUT2D eigenvalue weighted by molar-refractivity contribution is 6.03. The molecular weight excluding hydrogens is 242 g/mol. The number of anilines is 1. The number of hydrogen-bond acceptors (Lipinski definition) is 5. The Morgan fingerprint density at radius 1 is 1.16 bits per heavy atom. The molecule has 94 valence electrons. The zero-order chi connectivity index (χ0) is 13.8. The molecule has 1 aromatic heterocycles. The number of nitriles is 1. The predicted molar refractivity (Wildman–Crippen MR) is 68.4 cm³/mol. The van der Waals surface area contributed by atoms with Crippen molar-refractivity contribution in [2.45, 2.75) is 13.8 Å². The third-order valence-electron chi connectivity index (χ3n) is 2.59. The van der Waals surface area contributed by atoms with Crippen molar-refractivity contribution in [2.75, 3.05) is 5.32 Å². The van der Waals surface area contributed by atoms with E-state index in [1.165, 1.54) is 0 Å². The smallest absolute Gasteiger partial charge is 0.258 e. The fourth-order valence-electron chi connectivity index (χ4n) is 1.38. The van der Waals surface area contributed by atoms with Gasteiger partial charge in [0, 0.05) is 5.56 Å². The van der Waals surface area contributed by atoms with E-state index in [4.69, 9.17) is 5.26 Å². The minimum Gasteiger partial charge on any atom is -0.289 e. The summed E-state index contributed by atoms with van der Waals surface area (Å²) in [5.41, 5.74) is 2.36. The summed E-state index contributed by atoms with van der Waals surface area (Å²) in [6.45, 7) is 3.59. The normalized spacial score (nSPS) is 9.74. The Kier molecular flexibility index (Phi) is 3.48. The van der Waals surface area contributed by atoms with Crippen molar-refractivity contribution in [2.24, 2.45) is 0 Å². The Balaban J connectivity index is 2.16. The number of rotatable bonds is 2. The van der Waals surface area contributed by atoms with Gasteiger partial charge >= 0.3 is 0 Å². The van der Waals surface area contributed by atoms with E-state index in [1.54, 1.807) is 38.1 Å². The Bertz CT molecular complexity index is 658. The molecule has 1 amide bonds. The van der Waals surface area contributed by atoms with Gasteiger partial charge in [0.1, 0.15) is 0 Å². The molecule has 0 aliphatic carbocycles. The van der Waals surface area contributed by atoms with Crippen LogP contribution in [-0.4, -0.2) is 21.1 Å². The van der Waals surface area contributed by atoms with E-state index in [0.717, 1.165) is 5.69 Å². The first-order valence-corrected chi connectivity index (χ1v) is 5.59. The molecule has 2 rings (SSSR count). The molecule has 6 heteroatoms. The lowest BCUT2D eigenvalue weighted by Gasteiger charge is -2.04. The first-order valence-electron chi connectivity index (χ1n) is 5.59. The highest BCUT2D eigenvalue weighted by Crippen LogP contribution is 2.07. The number of benzene rings is 1. The molecule has 2 aromatic rings.